The maximum atomic E-state index is 13.2. The number of pyridine rings is 1. The van der Waals surface area contributed by atoms with Crippen LogP contribution in [0.25, 0.3) is 16.8 Å². The molecule has 3 N–H and O–H groups in total. The topological polar surface area (TPSA) is 143 Å². The van der Waals surface area contributed by atoms with E-state index in [1.807, 2.05) is 21.4 Å². The molecule has 15 heteroatoms. The van der Waals surface area contributed by atoms with Crippen LogP contribution >= 0.6 is 0 Å². The molecule has 2 saturated heterocycles. The van der Waals surface area contributed by atoms with Crippen molar-refractivity contribution in [1.29, 1.82) is 0 Å². The molecule has 3 aromatic heterocycles. The van der Waals surface area contributed by atoms with E-state index in [0.717, 1.165) is 43.2 Å². The third kappa shape index (κ3) is 6.58. The van der Waals surface area contributed by atoms with E-state index in [9.17, 15) is 27.9 Å². The van der Waals surface area contributed by atoms with Crippen LogP contribution in [-0.2, 0) is 17.5 Å². The normalized spacial score (nSPS) is 17.4. The highest BCUT2D eigenvalue weighted by Crippen LogP contribution is 2.41. The van der Waals surface area contributed by atoms with Gasteiger partial charge in [-0.2, -0.15) is 13.2 Å². The van der Waals surface area contributed by atoms with E-state index in [0.29, 0.717) is 59.4 Å². The van der Waals surface area contributed by atoms with Crippen LogP contribution in [0.3, 0.4) is 0 Å². The molecule has 2 aliphatic rings. The fourth-order valence-corrected chi connectivity index (χ4v) is 6.86. The maximum Gasteiger partial charge on any atom is 0.416 e. The monoisotopic (exact) mass is 701 g/mol. The van der Waals surface area contributed by atoms with Gasteiger partial charge in [0.15, 0.2) is 5.82 Å². The lowest BCUT2D eigenvalue weighted by Gasteiger charge is -2.34. The number of fused-ring (bicyclic) bond motifs is 2. The van der Waals surface area contributed by atoms with Gasteiger partial charge < -0.3 is 30.1 Å². The number of nitrogens with zero attached hydrogens (tertiary/aromatic N) is 5. The fourth-order valence-electron chi connectivity index (χ4n) is 6.86. The van der Waals surface area contributed by atoms with Gasteiger partial charge in [0, 0.05) is 72.8 Å². The van der Waals surface area contributed by atoms with Gasteiger partial charge in [-0.15, -0.1) is 0 Å². The second-order valence-corrected chi connectivity index (χ2v) is 12.5. The van der Waals surface area contributed by atoms with Crippen LogP contribution in [0.5, 0.6) is 17.2 Å². The smallest absolute Gasteiger partial charge is 0.416 e. The van der Waals surface area contributed by atoms with Crippen molar-refractivity contribution in [2.24, 2.45) is 0 Å². The summed E-state index contributed by atoms with van der Waals surface area (Å²) in [4.78, 5) is 41.2. The van der Waals surface area contributed by atoms with Crippen molar-refractivity contribution in [2.45, 2.75) is 50.4 Å². The van der Waals surface area contributed by atoms with E-state index < -0.39 is 17.6 Å². The fraction of sp³-hybridized carbons (Fsp3) is 0.306. The van der Waals surface area contributed by atoms with Gasteiger partial charge >= 0.3 is 6.18 Å². The number of halogens is 3. The molecule has 0 saturated carbocycles. The largest absolute Gasteiger partial charge is 0.507 e. The third-order valence-electron chi connectivity index (χ3n) is 9.45. The number of benzene rings is 2. The van der Waals surface area contributed by atoms with Crippen LogP contribution in [-0.4, -0.2) is 68.0 Å². The van der Waals surface area contributed by atoms with Crippen molar-refractivity contribution in [3.8, 4) is 28.5 Å². The van der Waals surface area contributed by atoms with Gasteiger partial charge in [0.25, 0.3) is 5.91 Å². The number of carbonyl (C=O) groups is 2. The molecule has 51 heavy (non-hydrogen) atoms. The Balaban J connectivity index is 1.25. The molecule has 0 radical (unpaired) electrons. The molecular weight excluding hydrogens is 667 g/mol. The molecule has 2 fully saturated rings. The molecule has 0 unspecified atom stereocenters. The first kappa shape index (κ1) is 33.6. The number of rotatable bonds is 9. The third-order valence-corrected chi connectivity index (χ3v) is 9.45. The molecule has 0 spiro atoms. The number of phenolic OH excluding ortho intramolecular Hbond substituents is 1. The highest BCUT2D eigenvalue weighted by atomic mass is 19.4. The molecule has 0 bridgehead atoms. The molecule has 2 amide bonds. The molecule has 7 rings (SSSR count). The summed E-state index contributed by atoms with van der Waals surface area (Å²) in [5.41, 5.74) is 1.13. The number of anilines is 2. The van der Waals surface area contributed by atoms with Crippen molar-refractivity contribution in [2.75, 3.05) is 31.4 Å². The number of piperidine rings is 1. The zero-order valence-corrected chi connectivity index (χ0v) is 27.7. The van der Waals surface area contributed by atoms with E-state index in [1.54, 1.807) is 32.7 Å². The Hall–Kier alpha value is -5.86. The Morgan fingerprint density at radius 3 is 2.63 bits per heavy atom. The minimum atomic E-state index is -4.61. The zero-order valence-electron chi connectivity index (χ0n) is 27.7. The van der Waals surface area contributed by atoms with Crippen LogP contribution in [0.4, 0.5) is 24.8 Å². The summed E-state index contributed by atoms with van der Waals surface area (Å²) >= 11 is 0. The Kier molecular flexibility index (Phi) is 8.87. The van der Waals surface area contributed by atoms with Crippen molar-refractivity contribution in [1.82, 2.24) is 24.3 Å². The zero-order chi connectivity index (χ0) is 35.9. The first-order chi connectivity index (χ1) is 24.5. The second-order valence-electron chi connectivity index (χ2n) is 12.5. The van der Waals surface area contributed by atoms with Crippen molar-refractivity contribution in [3.63, 3.8) is 0 Å². The van der Waals surface area contributed by atoms with Crippen molar-refractivity contribution >= 4 is 29.0 Å². The Morgan fingerprint density at radius 1 is 1.02 bits per heavy atom. The summed E-state index contributed by atoms with van der Waals surface area (Å²) in [6, 6.07) is 11.4. The van der Waals surface area contributed by atoms with Crippen molar-refractivity contribution in [3.05, 3.63) is 89.6 Å². The molecule has 264 valence electrons. The quantitative estimate of drug-likeness (QED) is 0.162. The standard InChI is InChI=1S/C36H34F3N7O5/c1-50-25-8-4-21(28(17-25)51-2)18-42-33-32-31(44-34(45(32)14-13-41-33)22-3-6-24-7-10-30(48)46(24)19-22)26-9-5-20(15-27(26)47)35(49)43-29-16-23(11-12-40-29)36(37,38)39/h4-5,8-9,11-17,22,24,47H,3,6-7,10,18-19H2,1-2H3,(H,41,42)(H,40,43,49)/t22-,24+/m1/s1. The van der Waals surface area contributed by atoms with Gasteiger partial charge in [-0.05, 0) is 61.7 Å². The number of ether oxygens (including phenoxy) is 2. The predicted molar refractivity (Wildman–Crippen MR) is 181 cm³/mol. The number of aromatic nitrogens is 4. The average Bonchev–Trinajstić information content (AvgIpc) is 3.70. The van der Waals surface area contributed by atoms with E-state index in [-0.39, 0.29) is 35.0 Å². The molecule has 0 aliphatic carbocycles. The van der Waals surface area contributed by atoms with Gasteiger partial charge in [0.1, 0.15) is 40.1 Å². The highest BCUT2D eigenvalue weighted by Gasteiger charge is 2.38. The van der Waals surface area contributed by atoms with Crippen LogP contribution in [0.1, 0.15) is 58.9 Å². The lowest BCUT2D eigenvalue weighted by molar-refractivity contribution is -0.137. The highest BCUT2D eigenvalue weighted by molar-refractivity contribution is 6.04. The molecule has 5 aromatic rings. The van der Waals surface area contributed by atoms with Gasteiger partial charge in [-0.1, -0.05) is 0 Å². The van der Waals surface area contributed by atoms with Crippen LogP contribution in [0.15, 0.2) is 67.1 Å². The minimum absolute atomic E-state index is 0.00635. The average molecular weight is 702 g/mol. The predicted octanol–water partition coefficient (Wildman–Crippen LogP) is 6.27. The van der Waals surface area contributed by atoms with Gasteiger partial charge in [-0.25, -0.2) is 15.0 Å². The Labute approximate surface area is 290 Å². The molecule has 5 heterocycles. The second kappa shape index (κ2) is 13.5. The summed E-state index contributed by atoms with van der Waals surface area (Å²) in [5.74, 6) is 1.13. The number of hydrogen-bond acceptors (Lipinski definition) is 9. The van der Waals surface area contributed by atoms with Crippen LogP contribution in [0.2, 0.25) is 0 Å². The summed E-state index contributed by atoms with van der Waals surface area (Å²) < 4.78 is 52.4. The number of aromatic hydroxyl groups is 1. The number of alkyl halides is 3. The minimum Gasteiger partial charge on any atom is -0.507 e. The molecule has 2 atom stereocenters. The van der Waals surface area contributed by atoms with E-state index in [2.05, 4.69) is 20.6 Å². The van der Waals surface area contributed by atoms with Crippen molar-refractivity contribution < 1.29 is 37.3 Å². The molecule has 12 nitrogen and oxygen atoms in total. The number of phenols is 1. The first-order valence-corrected chi connectivity index (χ1v) is 16.3. The summed E-state index contributed by atoms with van der Waals surface area (Å²) in [5, 5.41) is 17.1. The number of hydrogen-bond donors (Lipinski definition) is 3. The molecule has 2 aliphatic heterocycles. The van der Waals surface area contributed by atoms with Gasteiger partial charge in [-0.3, -0.25) is 14.0 Å². The maximum absolute atomic E-state index is 13.2. The number of imidazole rings is 1. The summed E-state index contributed by atoms with van der Waals surface area (Å²) in [7, 11) is 3.14. The lowest BCUT2D eigenvalue weighted by Crippen LogP contribution is -2.41. The molecule has 2 aromatic carbocycles. The van der Waals surface area contributed by atoms with E-state index in [1.165, 1.54) is 18.2 Å². The first-order valence-electron chi connectivity index (χ1n) is 16.3. The number of nitrogens with one attached hydrogen (secondary N) is 2. The van der Waals surface area contributed by atoms with Gasteiger partial charge in [0.05, 0.1) is 19.8 Å². The number of amides is 2. The SMILES string of the molecule is COc1ccc(CNc2nccn3c([C@@H]4CC[C@H]5CCC(=O)N5C4)nc(-c4ccc(C(=O)Nc5cc(C(F)(F)F)ccn5)cc4O)c23)c(OC)c1. The van der Waals surface area contributed by atoms with Crippen LogP contribution < -0.4 is 20.1 Å². The Bertz CT molecular complexity index is 2140. The lowest BCUT2D eigenvalue weighted by atomic mass is 9.92. The summed E-state index contributed by atoms with van der Waals surface area (Å²) in [6.45, 7) is 0.840. The Morgan fingerprint density at radius 2 is 1.86 bits per heavy atom. The number of methoxy groups -OCH3 is 2. The number of carbonyl (C=O) groups excluding carboxylic acids is 2. The summed E-state index contributed by atoms with van der Waals surface area (Å²) in [6.07, 6.45) is 2.84. The van der Waals surface area contributed by atoms with Crippen LogP contribution in [0, 0.1) is 0 Å². The molecular formula is C36H34F3N7O5. The van der Waals surface area contributed by atoms with E-state index >= 15 is 0 Å². The van der Waals surface area contributed by atoms with Gasteiger partial charge in [0.2, 0.25) is 5.91 Å². The van der Waals surface area contributed by atoms with E-state index in [4.69, 9.17) is 14.5 Å².